The summed E-state index contributed by atoms with van der Waals surface area (Å²) in [5, 5.41) is 13.6. The number of nitro benzene ring substituents is 1. The first-order valence-electron chi connectivity index (χ1n) is 9.06. The summed E-state index contributed by atoms with van der Waals surface area (Å²) in [6.45, 7) is 2.60. The second-order valence-corrected chi connectivity index (χ2v) is 6.47. The molecule has 0 fully saturated rings. The molecule has 1 N–H and O–H groups in total. The zero-order chi connectivity index (χ0) is 20.1. The minimum Gasteiger partial charge on any atom is -0.477 e. The normalized spacial score (nSPS) is 15.3. The predicted molar refractivity (Wildman–Crippen MR) is 103 cm³/mol. The van der Waals surface area contributed by atoms with Crippen molar-refractivity contribution in [2.45, 2.75) is 25.9 Å². The number of non-ortho nitro benzene ring substituents is 1. The number of nitro groups is 1. The minimum atomic E-state index is -0.790. The van der Waals surface area contributed by atoms with Gasteiger partial charge >= 0.3 is 0 Å². The van der Waals surface area contributed by atoms with Gasteiger partial charge in [-0.1, -0.05) is 31.2 Å². The van der Waals surface area contributed by atoms with Crippen molar-refractivity contribution in [1.29, 1.82) is 0 Å². The number of hydrogen-bond acceptors (Lipinski definition) is 5. The molecule has 1 heterocycles. The average Bonchev–Trinajstić information content (AvgIpc) is 2.71. The second-order valence-electron chi connectivity index (χ2n) is 6.47. The third-order valence-electron chi connectivity index (χ3n) is 4.42. The zero-order valence-corrected chi connectivity index (χ0v) is 15.5. The molecule has 0 unspecified atom stereocenters. The number of rotatable bonds is 6. The Morgan fingerprint density at radius 2 is 1.93 bits per heavy atom. The molecule has 146 valence electrons. The molecule has 3 rings (SSSR count). The van der Waals surface area contributed by atoms with E-state index in [1.807, 2.05) is 6.92 Å². The number of hydrogen-bond donors (Lipinski definition) is 1. The standard InChI is InChI=1S/C20H21N3O5/c1-2-11-21-20(25)18-13-22(16-5-3-4-6-17(16)28-18)19(24)12-14-7-9-15(10-8-14)23(26)27/h3-10,18H,2,11-13H2,1H3,(H,21,25)/t18-/m0/s1. The molecule has 8 nitrogen and oxygen atoms in total. The summed E-state index contributed by atoms with van der Waals surface area (Å²) >= 11 is 0. The quantitative estimate of drug-likeness (QED) is 0.610. The Balaban J connectivity index is 1.79. The lowest BCUT2D eigenvalue weighted by Gasteiger charge is -2.34. The Labute approximate surface area is 162 Å². The van der Waals surface area contributed by atoms with Crippen LogP contribution in [0.2, 0.25) is 0 Å². The van der Waals surface area contributed by atoms with E-state index in [2.05, 4.69) is 5.32 Å². The smallest absolute Gasteiger partial charge is 0.269 e. The molecule has 28 heavy (non-hydrogen) atoms. The van der Waals surface area contributed by atoms with Crippen LogP contribution in [0.4, 0.5) is 11.4 Å². The molecule has 1 atom stereocenters. The molecule has 0 radical (unpaired) electrons. The van der Waals surface area contributed by atoms with Crippen LogP contribution in [0, 0.1) is 10.1 Å². The molecule has 2 aromatic carbocycles. The Hall–Kier alpha value is -3.42. The van der Waals surface area contributed by atoms with Gasteiger partial charge in [-0.2, -0.15) is 0 Å². The maximum absolute atomic E-state index is 12.9. The van der Waals surface area contributed by atoms with E-state index in [0.717, 1.165) is 6.42 Å². The van der Waals surface area contributed by atoms with Crippen LogP contribution < -0.4 is 15.0 Å². The fraction of sp³-hybridized carbons (Fsp3) is 0.300. The first-order valence-corrected chi connectivity index (χ1v) is 9.06. The van der Waals surface area contributed by atoms with E-state index in [4.69, 9.17) is 4.74 Å². The van der Waals surface area contributed by atoms with Gasteiger partial charge in [-0.15, -0.1) is 0 Å². The SMILES string of the molecule is CCCNC(=O)[C@@H]1CN(C(=O)Cc2ccc([N+](=O)[O-])cc2)c2ccccc2O1. The number of anilines is 1. The monoisotopic (exact) mass is 383 g/mol. The molecule has 0 aromatic heterocycles. The second kappa shape index (κ2) is 8.51. The first-order chi connectivity index (χ1) is 13.5. The van der Waals surface area contributed by atoms with E-state index in [0.29, 0.717) is 23.5 Å². The van der Waals surface area contributed by atoms with Gasteiger partial charge in [0.05, 0.1) is 23.6 Å². The molecule has 0 bridgehead atoms. The number of nitrogens with one attached hydrogen (secondary N) is 1. The highest BCUT2D eigenvalue weighted by molar-refractivity contribution is 5.98. The van der Waals surface area contributed by atoms with Crippen LogP contribution in [0.5, 0.6) is 5.75 Å². The Morgan fingerprint density at radius 1 is 1.21 bits per heavy atom. The molecule has 8 heteroatoms. The van der Waals surface area contributed by atoms with E-state index in [9.17, 15) is 19.7 Å². The topological polar surface area (TPSA) is 102 Å². The number of nitrogens with zero attached hydrogens (tertiary/aromatic N) is 2. The minimum absolute atomic E-state index is 0.0272. The zero-order valence-electron chi connectivity index (χ0n) is 15.5. The van der Waals surface area contributed by atoms with Crippen LogP contribution >= 0.6 is 0 Å². The van der Waals surface area contributed by atoms with Crippen LogP contribution in [0.1, 0.15) is 18.9 Å². The summed E-state index contributed by atoms with van der Waals surface area (Å²) in [4.78, 5) is 37.1. The Kier molecular flexibility index (Phi) is 5.88. The van der Waals surface area contributed by atoms with Crippen LogP contribution in [0.25, 0.3) is 0 Å². The maximum atomic E-state index is 12.9. The van der Waals surface area contributed by atoms with Gasteiger partial charge in [0.1, 0.15) is 5.75 Å². The van der Waals surface area contributed by atoms with E-state index in [1.54, 1.807) is 36.4 Å². The van der Waals surface area contributed by atoms with Crippen molar-refractivity contribution in [3.63, 3.8) is 0 Å². The van der Waals surface area contributed by atoms with Crippen molar-refractivity contribution in [3.8, 4) is 5.75 Å². The molecule has 0 saturated carbocycles. The van der Waals surface area contributed by atoms with Gasteiger partial charge in [0, 0.05) is 18.7 Å². The largest absolute Gasteiger partial charge is 0.477 e. The molecule has 0 spiro atoms. The van der Waals surface area contributed by atoms with Crippen molar-refractivity contribution in [3.05, 3.63) is 64.2 Å². The fourth-order valence-corrected chi connectivity index (χ4v) is 2.97. The number of carbonyl (C=O) groups excluding carboxylic acids is 2. The highest BCUT2D eigenvalue weighted by Crippen LogP contribution is 2.33. The number of para-hydroxylation sites is 2. The molecular formula is C20H21N3O5. The predicted octanol–water partition coefficient (Wildman–Crippen LogP) is 2.46. The molecule has 2 aromatic rings. The van der Waals surface area contributed by atoms with Gasteiger partial charge < -0.3 is 15.0 Å². The number of ether oxygens (including phenoxy) is 1. The molecule has 1 aliphatic heterocycles. The average molecular weight is 383 g/mol. The Morgan fingerprint density at radius 3 is 2.61 bits per heavy atom. The van der Waals surface area contributed by atoms with Crippen LogP contribution in [0.3, 0.4) is 0 Å². The molecule has 0 aliphatic carbocycles. The van der Waals surface area contributed by atoms with E-state index in [1.165, 1.54) is 17.0 Å². The number of fused-ring (bicyclic) bond motifs is 1. The molecule has 1 aliphatic rings. The van der Waals surface area contributed by atoms with Crippen molar-refractivity contribution in [2.75, 3.05) is 18.0 Å². The Bertz CT molecular complexity index is 882. The summed E-state index contributed by atoms with van der Waals surface area (Å²) in [5.74, 6) is 0.00447. The van der Waals surface area contributed by atoms with Gasteiger partial charge in [0.25, 0.3) is 11.6 Å². The lowest BCUT2D eigenvalue weighted by molar-refractivity contribution is -0.384. The van der Waals surface area contributed by atoms with Gasteiger partial charge in [0.15, 0.2) is 6.10 Å². The fourth-order valence-electron chi connectivity index (χ4n) is 2.97. The van der Waals surface area contributed by atoms with E-state index >= 15 is 0 Å². The van der Waals surface area contributed by atoms with E-state index < -0.39 is 11.0 Å². The first kappa shape index (κ1) is 19.3. The molecule has 0 saturated heterocycles. The van der Waals surface area contributed by atoms with Crippen LogP contribution in [-0.4, -0.2) is 35.9 Å². The van der Waals surface area contributed by atoms with Crippen LogP contribution in [-0.2, 0) is 16.0 Å². The van der Waals surface area contributed by atoms with Gasteiger partial charge in [0.2, 0.25) is 5.91 Å². The summed E-state index contributed by atoms with van der Waals surface area (Å²) < 4.78 is 5.78. The third-order valence-corrected chi connectivity index (χ3v) is 4.42. The lowest BCUT2D eigenvalue weighted by atomic mass is 10.1. The van der Waals surface area contributed by atoms with E-state index in [-0.39, 0.29) is 30.5 Å². The third kappa shape index (κ3) is 4.28. The molecular weight excluding hydrogens is 362 g/mol. The van der Waals surface area contributed by atoms with Crippen molar-refractivity contribution in [2.24, 2.45) is 0 Å². The molecule has 2 amide bonds. The summed E-state index contributed by atoms with van der Waals surface area (Å²) in [5.41, 5.74) is 1.24. The van der Waals surface area contributed by atoms with Gasteiger partial charge in [-0.3, -0.25) is 19.7 Å². The van der Waals surface area contributed by atoms with Gasteiger partial charge in [-0.25, -0.2) is 0 Å². The van der Waals surface area contributed by atoms with Crippen LogP contribution in [0.15, 0.2) is 48.5 Å². The summed E-state index contributed by atoms with van der Waals surface area (Å²) in [6, 6.07) is 12.9. The summed E-state index contributed by atoms with van der Waals surface area (Å²) in [7, 11) is 0. The van der Waals surface area contributed by atoms with Crippen molar-refractivity contribution in [1.82, 2.24) is 5.32 Å². The highest BCUT2D eigenvalue weighted by Gasteiger charge is 2.33. The number of amides is 2. The lowest BCUT2D eigenvalue weighted by Crippen LogP contribution is -2.51. The van der Waals surface area contributed by atoms with Gasteiger partial charge in [-0.05, 0) is 24.1 Å². The number of carbonyl (C=O) groups is 2. The number of benzene rings is 2. The summed E-state index contributed by atoms with van der Waals surface area (Å²) in [6.07, 6.45) is 0.0789. The highest BCUT2D eigenvalue weighted by atomic mass is 16.6. The van der Waals surface area contributed by atoms with Crippen molar-refractivity contribution < 1.29 is 19.2 Å². The van der Waals surface area contributed by atoms with Crippen molar-refractivity contribution >= 4 is 23.2 Å². The maximum Gasteiger partial charge on any atom is 0.269 e.